The molecule has 4 rings (SSSR count). The number of benzene rings is 1. The zero-order valence-corrected chi connectivity index (χ0v) is 16.5. The number of H-pyrrole nitrogens is 1. The molecule has 2 aromatic heterocycles. The number of likely N-dealkylation sites (tertiary alicyclic amines) is 1. The van der Waals surface area contributed by atoms with Gasteiger partial charge in [-0.15, -0.1) is 0 Å². The van der Waals surface area contributed by atoms with E-state index in [1.165, 1.54) is 5.56 Å². The molecule has 3 heterocycles. The van der Waals surface area contributed by atoms with E-state index >= 15 is 0 Å². The number of carbonyl (C=O) groups is 1. The summed E-state index contributed by atoms with van der Waals surface area (Å²) in [6.07, 6.45) is 5.30. The van der Waals surface area contributed by atoms with Crippen molar-refractivity contribution in [3.05, 3.63) is 82.0 Å². The van der Waals surface area contributed by atoms with E-state index in [0.29, 0.717) is 23.0 Å². The molecule has 0 spiro atoms. The summed E-state index contributed by atoms with van der Waals surface area (Å²) in [7, 11) is 0. The van der Waals surface area contributed by atoms with Gasteiger partial charge in [-0.2, -0.15) is 0 Å². The van der Waals surface area contributed by atoms with Gasteiger partial charge >= 0.3 is 0 Å². The lowest BCUT2D eigenvalue weighted by molar-refractivity contribution is -0.131. The number of rotatable bonds is 4. The van der Waals surface area contributed by atoms with Crippen LogP contribution in [0.4, 0.5) is 0 Å². The fourth-order valence-corrected chi connectivity index (χ4v) is 3.91. The van der Waals surface area contributed by atoms with Crippen LogP contribution in [-0.2, 0) is 11.2 Å². The molecule has 0 atom stereocenters. The molecule has 148 valence electrons. The first-order chi connectivity index (χ1) is 14.1. The summed E-state index contributed by atoms with van der Waals surface area (Å²) in [5, 5.41) is 0. The van der Waals surface area contributed by atoms with Crippen LogP contribution in [0.3, 0.4) is 0 Å². The minimum Gasteiger partial charge on any atom is -0.342 e. The quantitative estimate of drug-likeness (QED) is 0.745. The molecule has 0 saturated carbocycles. The monoisotopic (exact) mass is 388 g/mol. The highest BCUT2D eigenvalue weighted by Crippen LogP contribution is 2.28. The topological polar surface area (TPSA) is 79.0 Å². The number of hydrogen-bond acceptors (Lipinski definition) is 4. The molecule has 1 amide bonds. The van der Waals surface area contributed by atoms with Gasteiger partial charge in [0.05, 0.1) is 6.42 Å². The number of piperidine rings is 1. The third-order valence-corrected chi connectivity index (χ3v) is 5.60. The molecular weight excluding hydrogens is 364 g/mol. The Morgan fingerprint density at radius 3 is 2.55 bits per heavy atom. The molecule has 1 aromatic carbocycles. The number of amides is 1. The molecule has 1 saturated heterocycles. The van der Waals surface area contributed by atoms with Crippen LogP contribution in [0.25, 0.3) is 11.4 Å². The summed E-state index contributed by atoms with van der Waals surface area (Å²) in [6.45, 7) is 3.21. The zero-order valence-electron chi connectivity index (χ0n) is 16.5. The summed E-state index contributed by atoms with van der Waals surface area (Å²) in [5.74, 6) is 0.951. The maximum Gasteiger partial charge on any atom is 0.255 e. The van der Waals surface area contributed by atoms with Crippen LogP contribution in [0.1, 0.15) is 35.6 Å². The highest BCUT2D eigenvalue weighted by Gasteiger charge is 2.25. The van der Waals surface area contributed by atoms with Crippen LogP contribution >= 0.6 is 0 Å². The molecule has 0 unspecified atom stereocenters. The predicted molar refractivity (Wildman–Crippen MR) is 112 cm³/mol. The van der Waals surface area contributed by atoms with E-state index in [0.717, 1.165) is 31.5 Å². The van der Waals surface area contributed by atoms with Crippen molar-refractivity contribution in [1.82, 2.24) is 19.9 Å². The third kappa shape index (κ3) is 4.26. The van der Waals surface area contributed by atoms with Gasteiger partial charge in [0, 0.05) is 42.3 Å². The fourth-order valence-electron chi connectivity index (χ4n) is 3.91. The van der Waals surface area contributed by atoms with Crippen LogP contribution < -0.4 is 5.56 Å². The molecule has 6 nitrogen and oxygen atoms in total. The van der Waals surface area contributed by atoms with Gasteiger partial charge in [0.1, 0.15) is 5.82 Å². The van der Waals surface area contributed by atoms with Crippen molar-refractivity contribution in [3.8, 4) is 11.4 Å². The number of aromatic amines is 1. The first kappa shape index (κ1) is 19.1. The highest BCUT2D eigenvalue weighted by molar-refractivity contribution is 5.79. The molecule has 6 heteroatoms. The molecular formula is C23H24N4O2. The molecule has 3 aromatic rings. The van der Waals surface area contributed by atoms with E-state index < -0.39 is 0 Å². The van der Waals surface area contributed by atoms with E-state index in [9.17, 15) is 9.59 Å². The Morgan fingerprint density at radius 1 is 1.14 bits per heavy atom. The Morgan fingerprint density at radius 2 is 1.90 bits per heavy atom. The number of hydrogen-bond donors (Lipinski definition) is 1. The molecule has 0 bridgehead atoms. The minimum atomic E-state index is -0.260. The SMILES string of the molecule is Cc1nc(-c2cccnc2)[nH]c(=O)c1CC(=O)N1CCC(c2ccccc2)CC1. The molecule has 0 aliphatic carbocycles. The number of pyridine rings is 1. The van der Waals surface area contributed by atoms with Gasteiger partial charge in [-0.3, -0.25) is 14.6 Å². The number of aryl methyl sites for hydroxylation is 1. The van der Waals surface area contributed by atoms with Gasteiger partial charge in [0.25, 0.3) is 5.56 Å². The minimum absolute atomic E-state index is 0.0129. The zero-order chi connectivity index (χ0) is 20.2. The molecule has 1 aliphatic heterocycles. The second-order valence-electron chi connectivity index (χ2n) is 7.46. The van der Waals surface area contributed by atoms with Crippen molar-refractivity contribution in [3.63, 3.8) is 0 Å². The summed E-state index contributed by atoms with van der Waals surface area (Å²) < 4.78 is 0. The van der Waals surface area contributed by atoms with Crippen LogP contribution in [0, 0.1) is 6.92 Å². The van der Waals surface area contributed by atoms with Crippen molar-refractivity contribution in [2.24, 2.45) is 0 Å². The summed E-state index contributed by atoms with van der Waals surface area (Å²) in [5.41, 5.74) is 2.84. The summed E-state index contributed by atoms with van der Waals surface area (Å²) >= 11 is 0. The standard InChI is InChI=1S/C23H24N4O2/c1-16-20(23(29)26-22(25-16)19-8-5-11-24-15-19)14-21(28)27-12-9-18(10-13-27)17-6-3-2-4-7-17/h2-8,11,15,18H,9-10,12-14H2,1H3,(H,25,26,29). The van der Waals surface area contributed by atoms with Crippen molar-refractivity contribution in [2.45, 2.75) is 32.1 Å². The predicted octanol–water partition coefficient (Wildman–Crippen LogP) is 3.09. The van der Waals surface area contributed by atoms with Gasteiger partial charge in [-0.25, -0.2) is 4.98 Å². The largest absolute Gasteiger partial charge is 0.342 e. The molecule has 1 fully saturated rings. The first-order valence-electron chi connectivity index (χ1n) is 9.94. The van der Waals surface area contributed by atoms with E-state index in [-0.39, 0.29) is 17.9 Å². The van der Waals surface area contributed by atoms with Gasteiger partial charge in [0.2, 0.25) is 5.91 Å². The number of aromatic nitrogens is 3. The normalized spacial score (nSPS) is 14.7. The van der Waals surface area contributed by atoms with Crippen LogP contribution in [-0.4, -0.2) is 38.8 Å². The van der Waals surface area contributed by atoms with Gasteiger partial charge in [-0.1, -0.05) is 30.3 Å². The Hall–Kier alpha value is -3.28. The van der Waals surface area contributed by atoms with Crippen LogP contribution in [0.15, 0.2) is 59.7 Å². The molecule has 0 radical (unpaired) electrons. The van der Waals surface area contributed by atoms with Gasteiger partial charge < -0.3 is 9.88 Å². The second-order valence-corrected chi connectivity index (χ2v) is 7.46. The summed E-state index contributed by atoms with van der Waals surface area (Å²) in [4.78, 5) is 38.6. The maximum atomic E-state index is 12.8. The lowest BCUT2D eigenvalue weighted by Gasteiger charge is -2.32. The average molecular weight is 388 g/mol. The Kier molecular flexibility index (Phi) is 5.51. The van der Waals surface area contributed by atoms with Crippen molar-refractivity contribution in [1.29, 1.82) is 0 Å². The molecule has 29 heavy (non-hydrogen) atoms. The number of nitrogens with one attached hydrogen (secondary N) is 1. The number of carbonyl (C=O) groups excluding carboxylic acids is 1. The van der Waals surface area contributed by atoms with Crippen LogP contribution in [0.5, 0.6) is 0 Å². The Labute approximate surface area is 169 Å². The molecule has 1 aliphatic rings. The lowest BCUT2D eigenvalue weighted by atomic mass is 9.89. The van der Waals surface area contributed by atoms with Crippen molar-refractivity contribution >= 4 is 5.91 Å². The first-order valence-corrected chi connectivity index (χ1v) is 9.94. The summed E-state index contributed by atoms with van der Waals surface area (Å²) in [6, 6.07) is 14.1. The second kappa shape index (κ2) is 8.39. The third-order valence-electron chi connectivity index (χ3n) is 5.60. The van der Waals surface area contributed by atoms with E-state index in [2.05, 4.69) is 39.2 Å². The smallest absolute Gasteiger partial charge is 0.255 e. The van der Waals surface area contributed by atoms with Gasteiger partial charge in [0.15, 0.2) is 0 Å². The number of nitrogens with zero attached hydrogens (tertiary/aromatic N) is 3. The highest BCUT2D eigenvalue weighted by atomic mass is 16.2. The Balaban J connectivity index is 1.43. The van der Waals surface area contributed by atoms with Crippen LogP contribution in [0.2, 0.25) is 0 Å². The molecule has 1 N–H and O–H groups in total. The van der Waals surface area contributed by atoms with E-state index in [4.69, 9.17) is 0 Å². The van der Waals surface area contributed by atoms with Crippen molar-refractivity contribution < 1.29 is 4.79 Å². The van der Waals surface area contributed by atoms with Crippen molar-refractivity contribution in [2.75, 3.05) is 13.1 Å². The Bertz CT molecular complexity index is 1040. The van der Waals surface area contributed by atoms with E-state index in [1.807, 2.05) is 17.0 Å². The van der Waals surface area contributed by atoms with Gasteiger partial charge in [-0.05, 0) is 43.4 Å². The van der Waals surface area contributed by atoms with E-state index in [1.54, 1.807) is 25.4 Å². The lowest BCUT2D eigenvalue weighted by Crippen LogP contribution is -2.39. The fraction of sp³-hybridized carbons (Fsp3) is 0.304. The maximum absolute atomic E-state index is 12.8. The average Bonchev–Trinajstić information content (AvgIpc) is 2.77.